The van der Waals surface area contributed by atoms with Crippen molar-refractivity contribution in [3.05, 3.63) is 35.4 Å². The van der Waals surface area contributed by atoms with Gasteiger partial charge in [-0.05, 0) is 80.2 Å². The molecule has 6 nitrogen and oxygen atoms in total. The fourth-order valence-corrected chi connectivity index (χ4v) is 7.48. The molecule has 4 saturated carbocycles. The average Bonchev–Trinajstić information content (AvgIpc) is 3.14. The number of nitrogens with zero attached hydrogens (tertiary/aromatic N) is 1. The molecule has 2 N–H and O–H groups in total. The summed E-state index contributed by atoms with van der Waals surface area (Å²) in [7, 11) is 0. The van der Waals surface area contributed by atoms with Gasteiger partial charge in [0.1, 0.15) is 12.1 Å². The van der Waals surface area contributed by atoms with Crippen molar-refractivity contribution in [1.82, 2.24) is 15.5 Å². The molecule has 1 unspecified atom stereocenters. The highest BCUT2D eigenvalue weighted by Gasteiger charge is 2.56. The lowest BCUT2D eigenvalue weighted by molar-refractivity contribution is -0.137. The van der Waals surface area contributed by atoms with Crippen LogP contribution in [0.2, 0.25) is 0 Å². The lowest BCUT2D eigenvalue weighted by Crippen LogP contribution is -2.61. The minimum absolute atomic E-state index is 0.108. The fraction of sp³-hybridized carbons (Fsp3) is 0.609. The van der Waals surface area contributed by atoms with Crippen LogP contribution < -0.4 is 10.6 Å². The quantitative estimate of drug-likeness (QED) is 0.775. The molecular weight excluding hydrogens is 366 g/mol. The van der Waals surface area contributed by atoms with Crippen LogP contribution in [0, 0.1) is 17.8 Å². The summed E-state index contributed by atoms with van der Waals surface area (Å²) in [4.78, 5) is 40.0. The van der Waals surface area contributed by atoms with Crippen LogP contribution in [0.4, 0.5) is 4.79 Å². The molecule has 1 heterocycles. The Labute approximate surface area is 170 Å². The molecule has 1 aromatic carbocycles. The Kier molecular flexibility index (Phi) is 3.52. The van der Waals surface area contributed by atoms with Crippen molar-refractivity contribution in [2.45, 2.75) is 62.4 Å². The third-order valence-electron chi connectivity index (χ3n) is 8.17. The van der Waals surface area contributed by atoms with Gasteiger partial charge < -0.3 is 10.6 Å². The van der Waals surface area contributed by atoms with E-state index >= 15 is 0 Å². The number of benzene rings is 1. The number of rotatable bonds is 3. The van der Waals surface area contributed by atoms with Crippen LogP contribution in [0.3, 0.4) is 0 Å². The predicted octanol–water partition coefficient (Wildman–Crippen LogP) is 2.46. The van der Waals surface area contributed by atoms with E-state index in [0.717, 1.165) is 59.5 Å². The lowest BCUT2D eigenvalue weighted by Gasteiger charge is -2.56. The van der Waals surface area contributed by atoms with Crippen molar-refractivity contribution in [3.63, 3.8) is 0 Å². The number of imide groups is 1. The van der Waals surface area contributed by atoms with Crippen LogP contribution >= 0.6 is 0 Å². The van der Waals surface area contributed by atoms with Crippen molar-refractivity contribution in [2.75, 3.05) is 6.54 Å². The zero-order valence-electron chi connectivity index (χ0n) is 16.6. The number of hydrogen-bond acceptors (Lipinski definition) is 3. The van der Waals surface area contributed by atoms with Gasteiger partial charge in [0.05, 0.1) is 0 Å². The molecule has 0 radical (unpaired) electrons. The Morgan fingerprint density at radius 3 is 2.41 bits per heavy atom. The van der Waals surface area contributed by atoms with Gasteiger partial charge in [0.2, 0.25) is 5.91 Å². The van der Waals surface area contributed by atoms with E-state index in [0.29, 0.717) is 6.42 Å². The fourth-order valence-electron chi connectivity index (χ4n) is 7.48. The number of amides is 4. The lowest BCUT2D eigenvalue weighted by atomic mass is 9.53. The largest absolute Gasteiger partial charge is 0.349 e. The number of aryl methyl sites for hydroxylation is 1. The van der Waals surface area contributed by atoms with Gasteiger partial charge in [-0.15, -0.1) is 0 Å². The van der Waals surface area contributed by atoms with Crippen molar-refractivity contribution < 1.29 is 14.4 Å². The van der Waals surface area contributed by atoms with E-state index in [9.17, 15) is 14.4 Å². The highest BCUT2D eigenvalue weighted by molar-refractivity contribution is 6.10. The molecule has 1 saturated heterocycles. The third kappa shape index (κ3) is 2.50. The minimum atomic E-state index is -0.991. The van der Waals surface area contributed by atoms with Crippen molar-refractivity contribution in [1.29, 1.82) is 0 Å². The van der Waals surface area contributed by atoms with Crippen molar-refractivity contribution in [2.24, 2.45) is 17.8 Å². The molecule has 152 valence electrons. The number of nitrogens with one attached hydrogen (secondary N) is 2. The summed E-state index contributed by atoms with van der Waals surface area (Å²) in [6, 6.07) is 7.32. The zero-order valence-corrected chi connectivity index (χ0v) is 16.6. The van der Waals surface area contributed by atoms with Gasteiger partial charge in [-0.1, -0.05) is 24.3 Å². The van der Waals surface area contributed by atoms with Crippen LogP contribution in [0.15, 0.2) is 24.3 Å². The number of fused-ring (bicyclic) bond motifs is 2. The van der Waals surface area contributed by atoms with Gasteiger partial charge in [-0.2, -0.15) is 0 Å². The Morgan fingerprint density at radius 2 is 1.72 bits per heavy atom. The normalized spacial score (nSPS) is 39.2. The summed E-state index contributed by atoms with van der Waals surface area (Å²) in [5.41, 5.74) is 0.876. The number of urea groups is 1. The summed E-state index contributed by atoms with van der Waals surface area (Å²) in [5.74, 6) is 1.72. The minimum Gasteiger partial charge on any atom is -0.349 e. The summed E-state index contributed by atoms with van der Waals surface area (Å²) in [6.07, 6.45) is 8.42. The van der Waals surface area contributed by atoms with Crippen molar-refractivity contribution >= 4 is 17.8 Å². The standard InChI is InChI=1S/C23H27N3O3/c27-19(24-22-10-14-7-15(11-22)9-16(8-14)12-22)13-26-20(28)23(25-21(26)29)6-5-17-3-1-2-4-18(17)23/h1-4,14-16H,5-13H2,(H,24,27)(H,25,29). The highest BCUT2D eigenvalue weighted by atomic mass is 16.2. The Balaban J connectivity index is 1.19. The Bertz CT molecular complexity index is 890. The first kappa shape index (κ1) is 17.5. The van der Waals surface area contributed by atoms with Gasteiger partial charge in [0.15, 0.2) is 0 Å². The second kappa shape index (κ2) is 5.83. The number of carbonyl (C=O) groups is 3. The third-order valence-corrected chi connectivity index (χ3v) is 8.17. The molecular formula is C23H27N3O3. The maximum absolute atomic E-state index is 13.3. The van der Waals surface area contributed by atoms with Crippen LogP contribution in [0.25, 0.3) is 0 Å². The Morgan fingerprint density at radius 1 is 1.07 bits per heavy atom. The summed E-state index contributed by atoms with van der Waals surface area (Å²) in [5, 5.41) is 6.19. The maximum Gasteiger partial charge on any atom is 0.325 e. The smallest absolute Gasteiger partial charge is 0.325 e. The second-order valence-electron chi connectivity index (χ2n) is 10.1. The van der Waals surface area contributed by atoms with Crippen LogP contribution in [-0.2, 0) is 21.5 Å². The van der Waals surface area contributed by atoms with Gasteiger partial charge in [0, 0.05) is 5.54 Å². The molecule has 5 fully saturated rings. The molecule has 7 rings (SSSR count). The predicted molar refractivity (Wildman–Crippen MR) is 106 cm³/mol. The molecule has 1 aliphatic heterocycles. The summed E-state index contributed by atoms with van der Waals surface area (Å²) >= 11 is 0. The monoisotopic (exact) mass is 393 g/mol. The second-order valence-corrected chi connectivity index (χ2v) is 10.1. The van der Waals surface area contributed by atoms with Crippen LogP contribution in [0.1, 0.15) is 56.1 Å². The number of carbonyl (C=O) groups excluding carboxylic acids is 3. The van der Waals surface area contributed by atoms with E-state index < -0.39 is 11.6 Å². The van der Waals surface area contributed by atoms with E-state index in [1.165, 1.54) is 19.3 Å². The highest BCUT2D eigenvalue weighted by Crippen LogP contribution is 2.55. The summed E-state index contributed by atoms with van der Waals surface area (Å²) < 4.78 is 0. The molecule has 4 bridgehead atoms. The maximum atomic E-state index is 13.3. The molecule has 1 spiro atoms. The van der Waals surface area contributed by atoms with Crippen LogP contribution in [0.5, 0.6) is 0 Å². The van der Waals surface area contributed by atoms with Gasteiger partial charge >= 0.3 is 6.03 Å². The molecule has 29 heavy (non-hydrogen) atoms. The molecule has 0 aromatic heterocycles. The molecule has 1 atom stereocenters. The Hall–Kier alpha value is -2.37. The average molecular weight is 393 g/mol. The van der Waals surface area contributed by atoms with Gasteiger partial charge in [-0.25, -0.2) is 4.79 Å². The molecule has 6 aliphatic rings. The summed E-state index contributed by atoms with van der Waals surface area (Å²) in [6.45, 7) is -0.184. The first-order valence-corrected chi connectivity index (χ1v) is 11.0. The van der Waals surface area contributed by atoms with E-state index in [2.05, 4.69) is 10.6 Å². The van der Waals surface area contributed by atoms with E-state index in [-0.39, 0.29) is 23.9 Å². The van der Waals surface area contributed by atoms with Crippen molar-refractivity contribution in [3.8, 4) is 0 Å². The SMILES string of the molecule is O=C(CN1C(=O)NC2(CCc3ccccc32)C1=O)NC12CC3CC(CC(C3)C1)C2. The van der Waals surface area contributed by atoms with Crippen LogP contribution in [-0.4, -0.2) is 34.8 Å². The molecule has 1 aromatic rings. The van der Waals surface area contributed by atoms with Gasteiger partial charge in [0.25, 0.3) is 5.91 Å². The first-order valence-electron chi connectivity index (χ1n) is 11.0. The first-order chi connectivity index (χ1) is 14.0. The molecule has 6 heteroatoms. The molecule has 5 aliphatic carbocycles. The van der Waals surface area contributed by atoms with Gasteiger partial charge in [-0.3, -0.25) is 14.5 Å². The molecule has 4 amide bonds. The zero-order chi connectivity index (χ0) is 19.8. The van der Waals surface area contributed by atoms with E-state index in [4.69, 9.17) is 0 Å². The van der Waals surface area contributed by atoms with E-state index in [1.54, 1.807) is 0 Å². The van der Waals surface area contributed by atoms with E-state index in [1.807, 2.05) is 24.3 Å². The number of hydrogen-bond donors (Lipinski definition) is 2. The topological polar surface area (TPSA) is 78.5 Å².